The molecule has 3 nitrogen and oxygen atoms in total. The molecule has 0 aliphatic carbocycles. The molecule has 0 radical (unpaired) electrons. The van der Waals surface area contributed by atoms with Gasteiger partial charge in [-0.3, -0.25) is 0 Å². The molecule has 1 aromatic carbocycles. The van der Waals surface area contributed by atoms with Crippen molar-refractivity contribution in [1.82, 2.24) is 0 Å². The minimum Gasteiger partial charge on any atom is -0.490 e. The van der Waals surface area contributed by atoms with Gasteiger partial charge in [0.25, 0.3) is 0 Å². The monoisotopic (exact) mass is 192 g/mol. The summed E-state index contributed by atoms with van der Waals surface area (Å²) in [6, 6.07) is 6.20. The third kappa shape index (κ3) is 1.55. The van der Waals surface area contributed by atoms with Gasteiger partial charge in [-0.2, -0.15) is 0 Å². The second kappa shape index (κ2) is 3.88. The minimum atomic E-state index is 0.572. The first-order valence-electron chi connectivity index (χ1n) is 5.06. The number of ether oxygens (including phenoxy) is 1. The molecule has 0 atom stereocenters. The molecule has 76 valence electrons. The number of nitrogens with zero attached hydrogens (tertiary/aromatic N) is 1. The number of likely N-dealkylation sites (N-methyl/N-ethyl adjacent to an activating group) is 1. The molecule has 1 aromatic rings. The Morgan fingerprint density at radius 1 is 1.50 bits per heavy atom. The number of hydrogen-bond acceptors (Lipinski definition) is 3. The van der Waals surface area contributed by atoms with Crippen LogP contribution in [0.4, 0.5) is 5.69 Å². The van der Waals surface area contributed by atoms with E-state index in [1.165, 1.54) is 5.69 Å². The molecule has 1 aliphatic heterocycles. The molecule has 2 N–H and O–H groups in total. The maximum Gasteiger partial charge on any atom is 0.143 e. The van der Waals surface area contributed by atoms with Crippen molar-refractivity contribution in [3.8, 4) is 5.75 Å². The van der Waals surface area contributed by atoms with Crippen LogP contribution in [0, 0.1) is 0 Å². The molecule has 0 spiro atoms. The first-order chi connectivity index (χ1) is 6.85. The SMILES string of the molecule is CCN1CCOc2cc(CN)ccc21. The van der Waals surface area contributed by atoms with Crippen molar-refractivity contribution >= 4 is 5.69 Å². The van der Waals surface area contributed by atoms with E-state index in [9.17, 15) is 0 Å². The minimum absolute atomic E-state index is 0.572. The molecule has 1 heterocycles. The van der Waals surface area contributed by atoms with Gasteiger partial charge in [0.1, 0.15) is 12.4 Å². The quantitative estimate of drug-likeness (QED) is 0.769. The molecule has 3 heteroatoms. The van der Waals surface area contributed by atoms with Gasteiger partial charge in [0.05, 0.1) is 12.2 Å². The van der Waals surface area contributed by atoms with Crippen molar-refractivity contribution in [3.05, 3.63) is 23.8 Å². The predicted octanol–water partition coefficient (Wildman–Crippen LogP) is 1.36. The smallest absolute Gasteiger partial charge is 0.143 e. The van der Waals surface area contributed by atoms with E-state index < -0.39 is 0 Å². The zero-order chi connectivity index (χ0) is 9.97. The number of benzene rings is 1. The van der Waals surface area contributed by atoms with Crippen LogP contribution in [0.3, 0.4) is 0 Å². The highest BCUT2D eigenvalue weighted by atomic mass is 16.5. The lowest BCUT2D eigenvalue weighted by Gasteiger charge is -2.30. The van der Waals surface area contributed by atoms with E-state index in [1.807, 2.05) is 6.07 Å². The summed E-state index contributed by atoms with van der Waals surface area (Å²) in [5, 5.41) is 0. The van der Waals surface area contributed by atoms with E-state index in [1.54, 1.807) is 0 Å². The van der Waals surface area contributed by atoms with Crippen LogP contribution in [-0.2, 0) is 6.54 Å². The Morgan fingerprint density at radius 3 is 3.07 bits per heavy atom. The van der Waals surface area contributed by atoms with Crippen LogP contribution in [0.15, 0.2) is 18.2 Å². The summed E-state index contributed by atoms with van der Waals surface area (Å²) in [5.41, 5.74) is 7.90. The second-order valence-electron chi connectivity index (χ2n) is 3.43. The van der Waals surface area contributed by atoms with Crippen molar-refractivity contribution in [2.24, 2.45) is 5.73 Å². The molecule has 0 amide bonds. The third-order valence-electron chi connectivity index (χ3n) is 2.60. The largest absolute Gasteiger partial charge is 0.490 e. The van der Waals surface area contributed by atoms with Gasteiger partial charge >= 0.3 is 0 Å². The van der Waals surface area contributed by atoms with Crippen molar-refractivity contribution in [3.63, 3.8) is 0 Å². The summed E-state index contributed by atoms with van der Waals surface area (Å²) < 4.78 is 5.60. The lowest BCUT2D eigenvalue weighted by atomic mass is 10.1. The number of fused-ring (bicyclic) bond motifs is 1. The van der Waals surface area contributed by atoms with Crippen molar-refractivity contribution in [1.29, 1.82) is 0 Å². The third-order valence-corrected chi connectivity index (χ3v) is 2.60. The molecule has 1 aliphatic rings. The van der Waals surface area contributed by atoms with Crippen LogP contribution in [0.1, 0.15) is 12.5 Å². The van der Waals surface area contributed by atoms with E-state index in [-0.39, 0.29) is 0 Å². The Hall–Kier alpha value is -1.22. The lowest BCUT2D eigenvalue weighted by Crippen LogP contribution is -2.32. The van der Waals surface area contributed by atoms with Gasteiger partial charge in [-0.25, -0.2) is 0 Å². The number of rotatable bonds is 2. The number of nitrogens with two attached hydrogens (primary N) is 1. The van der Waals surface area contributed by atoms with Crippen LogP contribution in [0.2, 0.25) is 0 Å². The Morgan fingerprint density at radius 2 is 2.36 bits per heavy atom. The molecule has 0 saturated carbocycles. The molecule has 0 unspecified atom stereocenters. The van der Waals surface area contributed by atoms with Gasteiger partial charge in [-0.1, -0.05) is 6.07 Å². The molecular weight excluding hydrogens is 176 g/mol. The van der Waals surface area contributed by atoms with Crippen molar-refractivity contribution in [2.45, 2.75) is 13.5 Å². The van der Waals surface area contributed by atoms with Crippen LogP contribution < -0.4 is 15.4 Å². The maximum absolute atomic E-state index is 5.60. The average molecular weight is 192 g/mol. The number of anilines is 1. The first kappa shape index (κ1) is 9.34. The highest BCUT2D eigenvalue weighted by molar-refractivity contribution is 5.61. The van der Waals surface area contributed by atoms with Crippen LogP contribution >= 0.6 is 0 Å². The summed E-state index contributed by atoms with van der Waals surface area (Å²) in [6.45, 7) is 5.51. The standard InChI is InChI=1S/C11H16N2O/c1-2-13-5-6-14-11-7-9(8-12)3-4-10(11)13/h3-4,7H,2,5-6,8,12H2,1H3. The summed E-state index contributed by atoms with van der Waals surface area (Å²) in [4.78, 5) is 2.32. The van der Waals surface area contributed by atoms with Gasteiger partial charge in [-0.15, -0.1) is 0 Å². The average Bonchev–Trinajstić information content (AvgIpc) is 2.27. The van der Waals surface area contributed by atoms with Gasteiger partial charge < -0.3 is 15.4 Å². The summed E-state index contributed by atoms with van der Waals surface area (Å²) in [6.07, 6.45) is 0. The maximum atomic E-state index is 5.60. The zero-order valence-corrected chi connectivity index (χ0v) is 8.49. The van der Waals surface area contributed by atoms with E-state index in [0.717, 1.165) is 31.0 Å². The Labute approximate surface area is 84.5 Å². The van der Waals surface area contributed by atoms with Crippen LogP contribution in [0.25, 0.3) is 0 Å². The second-order valence-corrected chi connectivity index (χ2v) is 3.43. The fraction of sp³-hybridized carbons (Fsp3) is 0.455. The predicted molar refractivity (Wildman–Crippen MR) is 57.7 cm³/mol. The topological polar surface area (TPSA) is 38.5 Å². The normalized spacial score (nSPS) is 14.9. The zero-order valence-electron chi connectivity index (χ0n) is 8.49. The van der Waals surface area contributed by atoms with Crippen molar-refractivity contribution < 1.29 is 4.74 Å². The molecule has 0 aromatic heterocycles. The summed E-state index contributed by atoms with van der Waals surface area (Å²) in [7, 11) is 0. The summed E-state index contributed by atoms with van der Waals surface area (Å²) in [5.74, 6) is 0.973. The fourth-order valence-corrected chi connectivity index (χ4v) is 1.78. The van der Waals surface area contributed by atoms with Gasteiger partial charge in [0.2, 0.25) is 0 Å². The first-order valence-corrected chi connectivity index (χ1v) is 5.06. The fourth-order valence-electron chi connectivity index (χ4n) is 1.78. The molecule has 0 bridgehead atoms. The van der Waals surface area contributed by atoms with E-state index >= 15 is 0 Å². The van der Waals surface area contributed by atoms with Gasteiger partial charge in [-0.05, 0) is 24.6 Å². The highest BCUT2D eigenvalue weighted by Crippen LogP contribution is 2.31. The van der Waals surface area contributed by atoms with E-state index in [2.05, 4.69) is 24.0 Å². The summed E-state index contributed by atoms with van der Waals surface area (Å²) >= 11 is 0. The molecular formula is C11H16N2O. The molecule has 0 saturated heterocycles. The van der Waals surface area contributed by atoms with Crippen LogP contribution in [0.5, 0.6) is 5.75 Å². The number of hydrogen-bond donors (Lipinski definition) is 1. The van der Waals surface area contributed by atoms with E-state index in [4.69, 9.17) is 10.5 Å². The Kier molecular flexibility index (Phi) is 2.59. The lowest BCUT2D eigenvalue weighted by molar-refractivity contribution is 0.308. The molecule has 14 heavy (non-hydrogen) atoms. The van der Waals surface area contributed by atoms with Crippen LogP contribution in [-0.4, -0.2) is 19.7 Å². The molecule has 0 fully saturated rings. The van der Waals surface area contributed by atoms with Gasteiger partial charge in [0, 0.05) is 13.1 Å². The Balaban J connectivity index is 2.35. The Bertz CT molecular complexity index is 325. The van der Waals surface area contributed by atoms with E-state index in [0.29, 0.717) is 6.54 Å². The van der Waals surface area contributed by atoms with Crippen molar-refractivity contribution in [2.75, 3.05) is 24.6 Å². The molecule has 2 rings (SSSR count). The highest BCUT2D eigenvalue weighted by Gasteiger charge is 2.16. The van der Waals surface area contributed by atoms with Gasteiger partial charge in [0.15, 0.2) is 0 Å².